The van der Waals surface area contributed by atoms with Crippen molar-refractivity contribution in [3.8, 4) is 0 Å². The summed E-state index contributed by atoms with van der Waals surface area (Å²) in [4.78, 5) is 13.7. The molecule has 1 saturated heterocycles. The predicted molar refractivity (Wildman–Crippen MR) is 129 cm³/mol. The molecule has 2 aromatic heterocycles. The van der Waals surface area contributed by atoms with Crippen LogP contribution >= 0.6 is 0 Å². The number of nitrogens with zero attached hydrogens (tertiary/aromatic N) is 6. The highest BCUT2D eigenvalue weighted by Crippen LogP contribution is 2.27. The Morgan fingerprint density at radius 1 is 1.06 bits per heavy atom. The number of anilines is 3. The lowest BCUT2D eigenvalue weighted by Crippen LogP contribution is -2.44. The van der Waals surface area contributed by atoms with Gasteiger partial charge in [0.05, 0.1) is 17.4 Å². The van der Waals surface area contributed by atoms with Crippen LogP contribution in [0.2, 0.25) is 0 Å². The van der Waals surface area contributed by atoms with E-state index in [0.29, 0.717) is 18.1 Å². The highest BCUT2D eigenvalue weighted by Gasteiger charge is 2.18. The van der Waals surface area contributed by atoms with E-state index >= 15 is 0 Å². The maximum absolute atomic E-state index is 14.1. The Labute approximate surface area is 192 Å². The topological polar surface area (TPSA) is 70.1 Å². The van der Waals surface area contributed by atoms with Gasteiger partial charge >= 0.3 is 0 Å². The van der Waals surface area contributed by atoms with Crippen LogP contribution in [0.1, 0.15) is 17.0 Å². The first-order valence-electron chi connectivity index (χ1n) is 11.1. The Kier molecular flexibility index (Phi) is 5.83. The summed E-state index contributed by atoms with van der Waals surface area (Å²) < 4.78 is 14.1. The number of likely N-dealkylation sites (N-methyl/N-ethyl adjacent to an activating group) is 1. The van der Waals surface area contributed by atoms with Crippen molar-refractivity contribution in [1.29, 1.82) is 0 Å². The SMILES string of the molecule is Cc1cccc2c(Nc3ccnc(Cc4ccc(F)cc4N4CCN(C)CC4)n3)cnnc12. The molecule has 0 aliphatic carbocycles. The summed E-state index contributed by atoms with van der Waals surface area (Å²) in [6, 6.07) is 12.8. The molecule has 1 fully saturated rings. The summed E-state index contributed by atoms with van der Waals surface area (Å²) in [7, 11) is 2.11. The van der Waals surface area contributed by atoms with Gasteiger partial charge in [-0.1, -0.05) is 24.3 Å². The summed E-state index contributed by atoms with van der Waals surface area (Å²) in [5, 5.41) is 12.7. The van der Waals surface area contributed by atoms with Crippen LogP contribution in [-0.4, -0.2) is 58.3 Å². The number of nitrogens with one attached hydrogen (secondary N) is 1. The lowest BCUT2D eigenvalue weighted by atomic mass is 10.1. The minimum atomic E-state index is -0.226. The summed E-state index contributed by atoms with van der Waals surface area (Å²) in [6.07, 6.45) is 3.96. The van der Waals surface area contributed by atoms with E-state index in [1.54, 1.807) is 18.5 Å². The fraction of sp³-hybridized carbons (Fsp3) is 0.280. The van der Waals surface area contributed by atoms with Gasteiger partial charge in [0.15, 0.2) is 0 Å². The quantitative estimate of drug-likeness (QED) is 0.501. The maximum Gasteiger partial charge on any atom is 0.135 e. The highest BCUT2D eigenvalue weighted by atomic mass is 19.1. The Morgan fingerprint density at radius 2 is 1.91 bits per heavy atom. The molecule has 0 amide bonds. The largest absolute Gasteiger partial charge is 0.369 e. The Hall–Kier alpha value is -3.65. The first-order valence-corrected chi connectivity index (χ1v) is 11.1. The van der Waals surface area contributed by atoms with Crippen molar-refractivity contribution in [2.24, 2.45) is 0 Å². The number of benzene rings is 2. The van der Waals surface area contributed by atoms with Crippen molar-refractivity contribution < 1.29 is 4.39 Å². The highest BCUT2D eigenvalue weighted by molar-refractivity contribution is 5.93. The molecule has 4 aromatic rings. The average molecular weight is 444 g/mol. The van der Waals surface area contributed by atoms with Gasteiger partial charge in [-0.05, 0) is 43.3 Å². The van der Waals surface area contributed by atoms with Crippen LogP contribution in [0.3, 0.4) is 0 Å². The molecule has 0 atom stereocenters. The van der Waals surface area contributed by atoms with Gasteiger partial charge in [-0.3, -0.25) is 0 Å². The predicted octanol–water partition coefficient (Wildman–Crippen LogP) is 3.95. The van der Waals surface area contributed by atoms with Gasteiger partial charge in [0.1, 0.15) is 17.5 Å². The van der Waals surface area contributed by atoms with Gasteiger partial charge in [0, 0.05) is 49.9 Å². The van der Waals surface area contributed by atoms with Crippen LogP contribution in [0, 0.1) is 12.7 Å². The van der Waals surface area contributed by atoms with Gasteiger partial charge in [-0.2, -0.15) is 10.2 Å². The summed E-state index contributed by atoms with van der Waals surface area (Å²) in [5.74, 6) is 1.12. The lowest BCUT2D eigenvalue weighted by Gasteiger charge is -2.35. The molecule has 0 radical (unpaired) electrons. The molecule has 5 rings (SSSR count). The van der Waals surface area contributed by atoms with Gasteiger partial charge < -0.3 is 15.1 Å². The molecule has 0 spiro atoms. The Morgan fingerprint density at radius 3 is 2.76 bits per heavy atom. The number of fused-ring (bicyclic) bond motifs is 1. The minimum Gasteiger partial charge on any atom is -0.369 e. The number of piperazine rings is 1. The van der Waals surface area contributed by atoms with Gasteiger partial charge in [-0.15, -0.1) is 0 Å². The van der Waals surface area contributed by atoms with E-state index in [1.807, 2.05) is 37.3 Å². The first kappa shape index (κ1) is 21.2. The van der Waals surface area contributed by atoms with Gasteiger partial charge in [0.25, 0.3) is 0 Å². The summed E-state index contributed by atoms with van der Waals surface area (Å²) in [6.45, 7) is 5.68. The standard InChI is InChI=1S/C25H26FN7/c1-17-4-3-5-20-21(16-28-31-25(17)20)29-23-8-9-27-24(30-23)14-18-6-7-19(26)15-22(18)33-12-10-32(2)11-13-33/h3-9,15-16H,10-14H2,1-2H3,(H,27,29,30,31). The zero-order chi connectivity index (χ0) is 22.8. The third-order valence-corrected chi connectivity index (χ3v) is 6.08. The maximum atomic E-state index is 14.1. The van der Waals surface area contributed by atoms with Gasteiger partial charge in [0.2, 0.25) is 0 Å². The van der Waals surface area contributed by atoms with Crippen molar-refractivity contribution in [2.75, 3.05) is 43.4 Å². The van der Waals surface area contributed by atoms with Crippen LogP contribution in [0.4, 0.5) is 21.6 Å². The van der Waals surface area contributed by atoms with E-state index in [4.69, 9.17) is 4.98 Å². The van der Waals surface area contributed by atoms with E-state index < -0.39 is 0 Å². The van der Waals surface area contributed by atoms with E-state index in [0.717, 1.165) is 59.6 Å². The van der Waals surface area contributed by atoms with E-state index in [-0.39, 0.29) is 5.82 Å². The molecular formula is C25H26FN7. The molecule has 3 heterocycles. The molecule has 1 aliphatic rings. The first-order chi connectivity index (χ1) is 16.1. The number of aryl methyl sites for hydroxylation is 1. The molecule has 2 aromatic carbocycles. The molecule has 0 saturated carbocycles. The fourth-order valence-electron chi connectivity index (χ4n) is 4.21. The zero-order valence-electron chi connectivity index (χ0n) is 18.8. The molecule has 168 valence electrons. The smallest absolute Gasteiger partial charge is 0.135 e. The molecule has 1 aliphatic heterocycles. The number of aromatic nitrogens is 4. The van der Waals surface area contributed by atoms with Crippen LogP contribution < -0.4 is 10.2 Å². The van der Waals surface area contributed by atoms with Crippen molar-refractivity contribution in [3.63, 3.8) is 0 Å². The van der Waals surface area contributed by atoms with Gasteiger partial charge in [-0.25, -0.2) is 14.4 Å². The van der Waals surface area contributed by atoms with Crippen LogP contribution in [0.15, 0.2) is 54.9 Å². The van der Waals surface area contributed by atoms with Crippen LogP contribution in [0.5, 0.6) is 0 Å². The molecule has 8 heteroatoms. The number of hydrogen-bond acceptors (Lipinski definition) is 7. The third-order valence-electron chi connectivity index (χ3n) is 6.08. The third kappa shape index (κ3) is 4.61. The molecule has 33 heavy (non-hydrogen) atoms. The van der Waals surface area contributed by atoms with Crippen LogP contribution in [-0.2, 0) is 6.42 Å². The number of halogens is 1. The second-order valence-corrected chi connectivity index (χ2v) is 8.45. The van der Waals surface area contributed by atoms with Crippen molar-refractivity contribution in [1.82, 2.24) is 25.1 Å². The molecule has 0 bridgehead atoms. The molecular weight excluding hydrogens is 417 g/mol. The molecule has 7 nitrogen and oxygen atoms in total. The minimum absolute atomic E-state index is 0.226. The van der Waals surface area contributed by atoms with Crippen molar-refractivity contribution in [2.45, 2.75) is 13.3 Å². The number of rotatable bonds is 5. The monoisotopic (exact) mass is 443 g/mol. The Bertz CT molecular complexity index is 1280. The molecule has 0 unspecified atom stereocenters. The van der Waals surface area contributed by atoms with E-state index in [9.17, 15) is 4.39 Å². The average Bonchev–Trinajstić information content (AvgIpc) is 2.82. The van der Waals surface area contributed by atoms with Crippen LogP contribution in [0.25, 0.3) is 10.9 Å². The Balaban J connectivity index is 1.41. The lowest BCUT2D eigenvalue weighted by molar-refractivity contribution is 0.312. The zero-order valence-corrected chi connectivity index (χ0v) is 18.8. The number of hydrogen-bond donors (Lipinski definition) is 1. The van der Waals surface area contributed by atoms with E-state index in [1.165, 1.54) is 6.07 Å². The van der Waals surface area contributed by atoms with E-state index in [2.05, 4.69) is 37.3 Å². The fourth-order valence-corrected chi connectivity index (χ4v) is 4.21. The van der Waals surface area contributed by atoms with Crippen molar-refractivity contribution >= 4 is 28.1 Å². The normalized spacial score (nSPS) is 14.6. The molecule has 1 N–H and O–H groups in total. The van der Waals surface area contributed by atoms with Crippen molar-refractivity contribution in [3.05, 3.63) is 77.6 Å². The second-order valence-electron chi connectivity index (χ2n) is 8.45. The second kappa shape index (κ2) is 9.07. The summed E-state index contributed by atoms with van der Waals surface area (Å²) >= 11 is 0. The summed E-state index contributed by atoms with van der Waals surface area (Å²) in [5.41, 5.74) is 4.71.